The number of hydrogen-bond acceptors (Lipinski definition) is 8. The highest BCUT2D eigenvalue weighted by Crippen LogP contribution is 2.44. The van der Waals surface area contributed by atoms with Crippen LogP contribution in [0.5, 0.6) is 28.7 Å². The van der Waals surface area contributed by atoms with Gasteiger partial charge in [0.05, 0.1) is 41.7 Å². The largest absolute Gasteiger partial charge is 0.497 e. The quantitative estimate of drug-likeness (QED) is 0.212. The van der Waals surface area contributed by atoms with E-state index in [4.69, 9.17) is 28.4 Å². The van der Waals surface area contributed by atoms with Crippen molar-refractivity contribution in [3.8, 4) is 28.7 Å². The van der Waals surface area contributed by atoms with Crippen LogP contribution in [0.4, 0.5) is 0 Å². The van der Waals surface area contributed by atoms with E-state index in [1.54, 1.807) is 28.4 Å². The molecule has 0 amide bonds. The lowest BCUT2D eigenvalue weighted by Gasteiger charge is -2.37. The average Bonchev–Trinajstić information content (AvgIpc) is 3.18. The molecule has 0 aromatic heterocycles. The Kier molecular flexibility index (Phi) is 11.8. The van der Waals surface area contributed by atoms with Gasteiger partial charge in [0.15, 0.2) is 11.5 Å². The van der Waals surface area contributed by atoms with Gasteiger partial charge in [-0.3, -0.25) is 9.80 Å². The molecule has 8 heteroatoms. The Balaban J connectivity index is 1.24. The van der Waals surface area contributed by atoms with Gasteiger partial charge >= 0.3 is 0 Å². The van der Waals surface area contributed by atoms with Gasteiger partial charge in [0.1, 0.15) is 23.9 Å². The summed E-state index contributed by atoms with van der Waals surface area (Å²) in [5, 5.41) is 0. The van der Waals surface area contributed by atoms with Gasteiger partial charge in [-0.1, -0.05) is 18.2 Å². The molecule has 4 aliphatic rings. The van der Waals surface area contributed by atoms with Gasteiger partial charge in [0.25, 0.3) is 0 Å². The Morgan fingerprint density at radius 2 is 1.19 bits per heavy atom. The highest BCUT2D eigenvalue weighted by Gasteiger charge is 2.32. The van der Waals surface area contributed by atoms with Crippen molar-refractivity contribution >= 4 is 0 Å². The molecule has 0 fully saturated rings. The number of likely N-dealkylation sites (N-methyl/N-ethyl adjacent to an activating group) is 2. The number of fused-ring (bicyclic) bond motifs is 9. The molecular formula is C45H56N2O6. The van der Waals surface area contributed by atoms with Crippen LogP contribution in [0.2, 0.25) is 0 Å². The highest BCUT2D eigenvalue weighted by atomic mass is 16.5. The lowest BCUT2D eigenvalue weighted by molar-refractivity contribution is 0.137. The third kappa shape index (κ3) is 8.01. The molecule has 282 valence electrons. The molecule has 0 radical (unpaired) electrons. The first-order valence-corrected chi connectivity index (χ1v) is 19.2. The second kappa shape index (κ2) is 16.8. The first kappa shape index (κ1) is 37.1. The minimum Gasteiger partial charge on any atom is -0.497 e. The number of ether oxygens (including phenoxy) is 6. The smallest absolute Gasteiger partial charge is 0.164 e. The molecule has 0 saturated heterocycles. The summed E-state index contributed by atoms with van der Waals surface area (Å²) in [4.78, 5) is 5.02. The SMILES string of the molecule is COc1cc2c3c(c1)CCN(C)C3CCc1ccc(cc1)OCc1cc(ccc1OC)CCC1c3c(cc(OC)c(OC)c3CCOCC2)CCN1C. The minimum atomic E-state index is 0.233. The normalized spacial score (nSPS) is 20.0. The Hall–Kier alpha value is -4.24. The van der Waals surface area contributed by atoms with Crippen molar-refractivity contribution in [1.82, 2.24) is 9.80 Å². The standard InChI is InChI=1S/C45H56N2O6/c1-46-21-17-32-26-37(48-3)27-34-19-23-52-24-20-38-44-33(28-42(50-5)45(38)51-6)18-22-47(2)40(44)15-10-31-11-16-41(49-4)35(25-31)29-53-36-12-7-30(8-13-36)9-14-39(46)43(32)34/h7-8,11-13,16,25-28,39-40H,9-10,14-15,17-24,29H2,1-6H3. The first-order valence-electron chi connectivity index (χ1n) is 19.2. The van der Waals surface area contributed by atoms with Crippen molar-refractivity contribution in [2.24, 2.45) is 0 Å². The van der Waals surface area contributed by atoms with Gasteiger partial charge in [0, 0.05) is 36.3 Å². The Bertz CT molecular complexity index is 1870. The van der Waals surface area contributed by atoms with Gasteiger partial charge in [-0.2, -0.15) is 0 Å². The predicted molar refractivity (Wildman–Crippen MR) is 209 cm³/mol. The second-order valence-corrected chi connectivity index (χ2v) is 14.8. The fourth-order valence-electron chi connectivity index (χ4n) is 8.87. The van der Waals surface area contributed by atoms with E-state index in [9.17, 15) is 0 Å². The number of hydrogen-bond donors (Lipinski definition) is 0. The zero-order chi connectivity index (χ0) is 36.9. The van der Waals surface area contributed by atoms with Crippen LogP contribution in [0.25, 0.3) is 0 Å². The molecule has 2 unspecified atom stereocenters. The van der Waals surface area contributed by atoms with Crippen molar-refractivity contribution in [3.05, 3.63) is 111 Å². The maximum Gasteiger partial charge on any atom is 0.164 e. The van der Waals surface area contributed by atoms with E-state index in [2.05, 4.69) is 84.6 Å². The molecule has 2 atom stereocenters. The lowest BCUT2D eigenvalue weighted by atomic mass is 9.84. The maximum absolute atomic E-state index is 6.52. The third-order valence-electron chi connectivity index (χ3n) is 11.7. The monoisotopic (exact) mass is 720 g/mol. The summed E-state index contributed by atoms with van der Waals surface area (Å²) < 4.78 is 36.5. The average molecular weight is 721 g/mol. The van der Waals surface area contributed by atoms with Crippen LogP contribution in [0.3, 0.4) is 0 Å². The van der Waals surface area contributed by atoms with Crippen LogP contribution in [0.1, 0.15) is 75.0 Å². The number of methoxy groups -OCH3 is 4. The van der Waals surface area contributed by atoms with Crippen molar-refractivity contribution in [1.29, 1.82) is 0 Å². The number of rotatable bonds is 4. The fourth-order valence-corrected chi connectivity index (χ4v) is 8.87. The molecule has 53 heavy (non-hydrogen) atoms. The van der Waals surface area contributed by atoms with Gasteiger partial charge in [0.2, 0.25) is 0 Å². The van der Waals surface area contributed by atoms with Crippen LogP contribution in [-0.2, 0) is 49.9 Å². The fraction of sp³-hybridized carbons (Fsp3) is 0.467. The van der Waals surface area contributed by atoms with E-state index < -0.39 is 0 Å². The number of aryl methyl sites for hydroxylation is 2. The molecule has 4 bridgehead atoms. The minimum absolute atomic E-state index is 0.233. The summed E-state index contributed by atoms with van der Waals surface area (Å²) in [5.41, 5.74) is 11.7. The van der Waals surface area contributed by atoms with Crippen molar-refractivity contribution < 1.29 is 28.4 Å². The molecular weight excluding hydrogens is 665 g/mol. The van der Waals surface area contributed by atoms with Gasteiger partial charge in [-0.15, -0.1) is 0 Å². The van der Waals surface area contributed by atoms with E-state index in [0.29, 0.717) is 25.9 Å². The van der Waals surface area contributed by atoms with E-state index in [-0.39, 0.29) is 6.04 Å². The van der Waals surface area contributed by atoms with Crippen molar-refractivity contribution in [2.75, 3.05) is 68.8 Å². The van der Waals surface area contributed by atoms with E-state index in [1.165, 1.54) is 44.5 Å². The molecule has 4 heterocycles. The summed E-state index contributed by atoms with van der Waals surface area (Å²) in [7, 11) is 11.5. The molecule has 8 nitrogen and oxygen atoms in total. The van der Waals surface area contributed by atoms with Crippen LogP contribution in [0.15, 0.2) is 60.7 Å². The van der Waals surface area contributed by atoms with Crippen LogP contribution >= 0.6 is 0 Å². The molecule has 4 aromatic rings. The van der Waals surface area contributed by atoms with Crippen LogP contribution < -0.4 is 23.7 Å². The van der Waals surface area contributed by atoms with Crippen LogP contribution in [-0.4, -0.2) is 78.6 Å². The van der Waals surface area contributed by atoms with Crippen LogP contribution in [0, 0.1) is 0 Å². The molecule has 0 aliphatic carbocycles. The summed E-state index contributed by atoms with van der Waals surface area (Å²) in [6.07, 6.45) is 7.47. The summed E-state index contributed by atoms with van der Waals surface area (Å²) in [6, 6.07) is 22.4. The number of benzene rings is 4. The summed E-state index contributed by atoms with van der Waals surface area (Å²) in [6.45, 7) is 3.69. The summed E-state index contributed by atoms with van der Waals surface area (Å²) in [5.74, 6) is 4.26. The zero-order valence-corrected chi connectivity index (χ0v) is 32.5. The van der Waals surface area contributed by atoms with E-state index in [0.717, 1.165) is 98.8 Å². The van der Waals surface area contributed by atoms with Gasteiger partial charge in [-0.05, 0) is 147 Å². The van der Waals surface area contributed by atoms with Crippen molar-refractivity contribution in [2.45, 2.75) is 70.1 Å². The maximum atomic E-state index is 6.52. The van der Waals surface area contributed by atoms with Gasteiger partial charge < -0.3 is 28.4 Å². The van der Waals surface area contributed by atoms with E-state index in [1.807, 2.05) is 0 Å². The number of nitrogens with zero attached hydrogens (tertiary/aromatic N) is 2. The zero-order valence-electron chi connectivity index (χ0n) is 32.5. The third-order valence-corrected chi connectivity index (χ3v) is 11.7. The highest BCUT2D eigenvalue weighted by molar-refractivity contribution is 5.57. The Morgan fingerprint density at radius 3 is 1.87 bits per heavy atom. The molecule has 0 N–H and O–H groups in total. The van der Waals surface area contributed by atoms with Crippen molar-refractivity contribution in [3.63, 3.8) is 0 Å². The summed E-state index contributed by atoms with van der Waals surface area (Å²) >= 11 is 0. The molecule has 0 saturated carbocycles. The van der Waals surface area contributed by atoms with E-state index >= 15 is 0 Å². The molecule has 4 aliphatic heterocycles. The molecule has 0 spiro atoms. The topological polar surface area (TPSA) is 61.9 Å². The molecule has 8 rings (SSSR count). The lowest BCUT2D eigenvalue weighted by Crippen LogP contribution is -2.34. The molecule has 4 aromatic carbocycles. The second-order valence-electron chi connectivity index (χ2n) is 14.8. The predicted octanol–water partition coefficient (Wildman–Crippen LogP) is 7.74. The Labute approximate surface area is 315 Å². The van der Waals surface area contributed by atoms with Gasteiger partial charge in [-0.25, -0.2) is 0 Å². The first-order chi connectivity index (χ1) is 25.9. The Morgan fingerprint density at radius 1 is 0.566 bits per heavy atom.